The highest BCUT2D eigenvalue weighted by molar-refractivity contribution is 7.92. The van der Waals surface area contributed by atoms with Crippen LogP contribution in [0, 0.1) is 0 Å². The zero-order valence-corrected chi connectivity index (χ0v) is 18.4. The van der Waals surface area contributed by atoms with Crippen molar-refractivity contribution in [2.75, 3.05) is 30.6 Å². The summed E-state index contributed by atoms with van der Waals surface area (Å²) >= 11 is 0. The van der Waals surface area contributed by atoms with E-state index >= 15 is 0 Å². The van der Waals surface area contributed by atoms with Gasteiger partial charge in [-0.2, -0.15) is 0 Å². The Labute approximate surface area is 167 Å². The molecule has 0 radical (unpaired) electrons. The number of benzene rings is 1. The quantitative estimate of drug-likeness (QED) is 0.425. The van der Waals surface area contributed by atoms with Crippen molar-refractivity contribution < 1.29 is 12.9 Å². The van der Waals surface area contributed by atoms with E-state index in [0.717, 1.165) is 18.9 Å². The molecule has 0 bridgehead atoms. The van der Waals surface area contributed by atoms with Crippen LogP contribution in [0.3, 0.4) is 0 Å². The van der Waals surface area contributed by atoms with Gasteiger partial charge in [0.15, 0.2) is 0 Å². The number of nitrogens with zero attached hydrogens (tertiary/aromatic N) is 1. The predicted molar refractivity (Wildman–Crippen MR) is 116 cm³/mol. The van der Waals surface area contributed by atoms with Gasteiger partial charge in [0, 0.05) is 5.69 Å². The van der Waals surface area contributed by atoms with E-state index in [4.69, 9.17) is 0 Å². The van der Waals surface area contributed by atoms with E-state index in [-0.39, 0.29) is 5.75 Å². The smallest absolute Gasteiger partial charge is 0.232 e. The van der Waals surface area contributed by atoms with Crippen LogP contribution in [0.1, 0.15) is 70.8 Å². The Morgan fingerprint density at radius 3 is 2.52 bits per heavy atom. The van der Waals surface area contributed by atoms with Gasteiger partial charge in [-0.1, -0.05) is 25.5 Å². The lowest BCUT2D eigenvalue weighted by molar-refractivity contribution is -0.933. The zero-order valence-electron chi connectivity index (χ0n) is 17.5. The summed E-state index contributed by atoms with van der Waals surface area (Å²) in [5.74, 6) is 0.173. The van der Waals surface area contributed by atoms with Crippen LogP contribution in [-0.2, 0) is 16.4 Å². The van der Waals surface area contributed by atoms with Crippen molar-refractivity contribution in [1.29, 1.82) is 0 Å². The van der Waals surface area contributed by atoms with E-state index in [1.165, 1.54) is 61.7 Å². The zero-order chi connectivity index (χ0) is 19.8. The lowest BCUT2D eigenvalue weighted by atomic mass is 9.92. The molecule has 1 N–H and O–H groups in total. The van der Waals surface area contributed by atoms with Gasteiger partial charge < -0.3 is 4.48 Å². The molecule has 1 unspecified atom stereocenters. The molecular weight excluding hydrogens is 356 g/mol. The Kier molecular flexibility index (Phi) is 8.62. The fourth-order valence-electron chi connectivity index (χ4n) is 4.40. The van der Waals surface area contributed by atoms with Crippen LogP contribution in [0.4, 0.5) is 5.69 Å². The number of nitrogens with one attached hydrogen (secondary N) is 1. The number of unbranched alkanes of at least 4 members (excludes halogenated alkanes) is 1. The van der Waals surface area contributed by atoms with E-state index in [1.54, 1.807) is 0 Å². The van der Waals surface area contributed by atoms with Gasteiger partial charge in [-0.25, -0.2) is 8.42 Å². The van der Waals surface area contributed by atoms with Crippen LogP contribution < -0.4 is 4.72 Å². The predicted octanol–water partition coefficient (Wildman–Crippen LogP) is 4.96. The first-order valence-electron chi connectivity index (χ1n) is 10.8. The molecule has 0 spiro atoms. The summed E-state index contributed by atoms with van der Waals surface area (Å²) in [6.45, 7) is 6.69. The Morgan fingerprint density at radius 2 is 1.85 bits per heavy atom. The summed E-state index contributed by atoms with van der Waals surface area (Å²) in [5.41, 5.74) is 1.91. The maximum atomic E-state index is 12.0. The molecule has 0 amide bonds. The minimum atomic E-state index is -3.21. The SMILES string of the molecule is CCCS(=O)(=O)Nc1cccc(CCCC[N+](C)(CC)C2CCCCC2)c1. The summed E-state index contributed by atoms with van der Waals surface area (Å²) < 4.78 is 27.8. The lowest BCUT2D eigenvalue weighted by Gasteiger charge is -2.43. The van der Waals surface area contributed by atoms with Crippen LogP contribution in [0.5, 0.6) is 0 Å². The second-order valence-electron chi connectivity index (χ2n) is 8.39. The summed E-state index contributed by atoms with van der Waals surface area (Å²) in [5, 5.41) is 0. The molecule has 1 aromatic rings. The van der Waals surface area contributed by atoms with Crippen molar-refractivity contribution in [3.8, 4) is 0 Å². The van der Waals surface area contributed by atoms with Gasteiger partial charge in [-0.3, -0.25) is 4.72 Å². The molecule has 0 heterocycles. The Hall–Kier alpha value is -1.07. The molecule has 5 heteroatoms. The first-order chi connectivity index (χ1) is 12.9. The molecule has 1 fully saturated rings. The third kappa shape index (κ3) is 7.11. The van der Waals surface area contributed by atoms with Crippen molar-refractivity contribution in [2.45, 2.75) is 77.7 Å². The summed E-state index contributed by atoms with van der Waals surface area (Å²) in [7, 11) is -0.771. The van der Waals surface area contributed by atoms with Crippen molar-refractivity contribution in [1.82, 2.24) is 0 Å². The highest BCUT2D eigenvalue weighted by Crippen LogP contribution is 2.27. The molecule has 2 rings (SSSR count). The van der Waals surface area contributed by atoms with Gasteiger partial charge in [-0.05, 0) is 76.0 Å². The van der Waals surface area contributed by atoms with E-state index in [0.29, 0.717) is 12.1 Å². The van der Waals surface area contributed by atoms with Crippen molar-refractivity contribution in [3.05, 3.63) is 29.8 Å². The average molecular weight is 396 g/mol. The average Bonchev–Trinajstić information content (AvgIpc) is 2.65. The molecular formula is C22H39N2O2S+. The maximum absolute atomic E-state index is 12.0. The van der Waals surface area contributed by atoms with Crippen LogP contribution in [0.25, 0.3) is 0 Å². The first kappa shape index (κ1) is 22.2. The lowest BCUT2D eigenvalue weighted by Crippen LogP contribution is -2.53. The van der Waals surface area contributed by atoms with E-state index in [2.05, 4.69) is 24.8 Å². The van der Waals surface area contributed by atoms with Gasteiger partial charge in [0.2, 0.25) is 10.0 Å². The van der Waals surface area contributed by atoms with Crippen molar-refractivity contribution >= 4 is 15.7 Å². The fraction of sp³-hybridized carbons (Fsp3) is 0.727. The molecule has 4 nitrogen and oxygen atoms in total. The van der Waals surface area contributed by atoms with Crippen LogP contribution in [0.15, 0.2) is 24.3 Å². The number of hydrogen-bond donors (Lipinski definition) is 1. The Balaban J connectivity index is 1.83. The summed E-state index contributed by atoms with van der Waals surface area (Å²) in [6, 6.07) is 8.73. The summed E-state index contributed by atoms with van der Waals surface area (Å²) in [6.07, 6.45) is 11.0. The number of anilines is 1. The number of sulfonamides is 1. The molecule has 154 valence electrons. The topological polar surface area (TPSA) is 46.2 Å². The Morgan fingerprint density at radius 1 is 1.11 bits per heavy atom. The number of aryl methyl sites for hydroxylation is 1. The number of hydrogen-bond acceptors (Lipinski definition) is 2. The van der Waals surface area contributed by atoms with Gasteiger partial charge in [0.25, 0.3) is 0 Å². The summed E-state index contributed by atoms with van der Waals surface area (Å²) in [4.78, 5) is 0. The molecule has 1 atom stereocenters. The molecule has 1 aliphatic carbocycles. The van der Waals surface area contributed by atoms with Crippen LogP contribution in [0.2, 0.25) is 0 Å². The Bertz CT molecular complexity index is 669. The third-order valence-electron chi connectivity index (χ3n) is 6.24. The fourth-order valence-corrected chi connectivity index (χ4v) is 5.52. The number of quaternary nitrogens is 1. The van der Waals surface area contributed by atoms with Gasteiger partial charge in [0.05, 0.1) is 31.9 Å². The molecule has 1 saturated carbocycles. The van der Waals surface area contributed by atoms with E-state index in [9.17, 15) is 8.42 Å². The molecule has 27 heavy (non-hydrogen) atoms. The monoisotopic (exact) mass is 395 g/mol. The van der Waals surface area contributed by atoms with Crippen molar-refractivity contribution in [2.24, 2.45) is 0 Å². The molecule has 0 aromatic heterocycles. The second-order valence-corrected chi connectivity index (χ2v) is 10.2. The van der Waals surface area contributed by atoms with Gasteiger partial charge in [-0.15, -0.1) is 0 Å². The number of rotatable bonds is 11. The molecule has 1 aliphatic rings. The van der Waals surface area contributed by atoms with Crippen LogP contribution in [-0.4, -0.2) is 44.8 Å². The largest absolute Gasteiger partial charge is 0.324 e. The van der Waals surface area contributed by atoms with Crippen molar-refractivity contribution in [3.63, 3.8) is 0 Å². The van der Waals surface area contributed by atoms with Gasteiger partial charge in [0.1, 0.15) is 0 Å². The normalized spacial score (nSPS) is 18.2. The van der Waals surface area contributed by atoms with E-state index in [1.807, 2.05) is 25.1 Å². The highest BCUT2D eigenvalue weighted by Gasteiger charge is 2.31. The molecule has 1 aromatic carbocycles. The third-order valence-corrected chi connectivity index (χ3v) is 7.73. The van der Waals surface area contributed by atoms with E-state index < -0.39 is 10.0 Å². The minimum Gasteiger partial charge on any atom is -0.324 e. The first-order valence-corrected chi connectivity index (χ1v) is 12.5. The standard InChI is InChI=1S/C22H39N2O2S/c1-4-18-27(25,26)23-21-14-11-13-20(19-21)12-9-10-17-24(3,5-2)22-15-7-6-8-16-22/h11,13-14,19,22-23H,4-10,12,15-18H2,1-3H3/q+1. The second kappa shape index (κ2) is 10.5. The maximum Gasteiger partial charge on any atom is 0.232 e. The molecule has 0 saturated heterocycles. The van der Waals surface area contributed by atoms with Crippen LogP contribution >= 0.6 is 0 Å². The minimum absolute atomic E-state index is 0.173. The van der Waals surface area contributed by atoms with Gasteiger partial charge >= 0.3 is 0 Å². The molecule has 0 aliphatic heterocycles. The highest BCUT2D eigenvalue weighted by atomic mass is 32.2.